The predicted molar refractivity (Wildman–Crippen MR) is 42.8 cm³/mol. The first-order valence-electron chi connectivity index (χ1n) is 3.73. The molecule has 0 atom stereocenters. The fourth-order valence-electron chi connectivity index (χ4n) is 0.604. The zero-order valence-electron chi connectivity index (χ0n) is 7.64. The summed E-state index contributed by atoms with van der Waals surface area (Å²) in [5, 5.41) is 26.6. The van der Waals surface area contributed by atoms with E-state index in [9.17, 15) is 17.6 Å². The zero-order chi connectivity index (χ0) is 12.8. The molecule has 0 aliphatic rings. The van der Waals surface area contributed by atoms with Gasteiger partial charge in [-0.1, -0.05) is 0 Å². The Morgan fingerprint density at radius 1 is 1.12 bits per heavy atom. The van der Waals surface area contributed by atoms with Gasteiger partial charge in [0.2, 0.25) is 0 Å². The lowest BCUT2D eigenvalue weighted by atomic mass is 10.2. The van der Waals surface area contributed by atoms with E-state index in [1.807, 2.05) is 0 Å². The second kappa shape index (κ2) is 5.57. The monoisotopic (exact) mass is 232 g/mol. The Morgan fingerprint density at radius 3 is 1.94 bits per heavy atom. The zero-order valence-corrected chi connectivity index (χ0v) is 7.64. The minimum atomic E-state index is -4.34. The molecule has 0 bridgehead atoms. The number of nitrogens with zero attached hydrogens (tertiary/aromatic N) is 3. The summed E-state index contributed by atoms with van der Waals surface area (Å²) in [7, 11) is 0. The van der Waals surface area contributed by atoms with E-state index in [2.05, 4.69) is 0 Å². The smallest absolute Gasteiger partial charge is 0.324 e. The Morgan fingerprint density at radius 2 is 1.62 bits per heavy atom. The highest BCUT2D eigenvalue weighted by atomic mass is 19.3. The number of hydrogen-bond acceptors (Lipinski definition) is 4. The molecule has 0 radical (unpaired) electrons. The van der Waals surface area contributed by atoms with Crippen molar-refractivity contribution in [2.24, 2.45) is 0 Å². The highest BCUT2D eigenvalue weighted by molar-refractivity contribution is 5.45. The highest BCUT2D eigenvalue weighted by Crippen LogP contribution is 2.21. The van der Waals surface area contributed by atoms with Crippen molar-refractivity contribution in [3.63, 3.8) is 0 Å². The van der Waals surface area contributed by atoms with Crippen molar-refractivity contribution in [2.75, 3.05) is 6.54 Å². The minimum Gasteiger partial charge on any atom is -0.369 e. The predicted octanol–water partition coefficient (Wildman–Crippen LogP) is 1.30. The largest absolute Gasteiger partial charge is 0.369 e. The van der Waals surface area contributed by atoms with Crippen LogP contribution in [0.1, 0.15) is 0 Å². The van der Waals surface area contributed by atoms with E-state index in [1.165, 1.54) is 18.2 Å². The quantitative estimate of drug-likeness (QED) is 0.584. The molecule has 0 amide bonds. The number of nitrogens with one attached hydrogen (secondary N) is 1. The van der Waals surface area contributed by atoms with Crippen LogP contribution < -0.4 is 5.32 Å². The lowest BCUT2D eigenvalue weighted by Crippen LogP contribution is -2.38. The van der Waals surface area contributed by atoms with Gasteiger partial charge < -0.3 is 5.32 Å². The topological polar surface area (TPSA) is 83.4 Å². The van der Waals surface area contributed by atoms with Crippen LogP contribution in [0.2, 0.25) is 0 Å². The van der Waals surface area contributed by atoms with Gasteiger partial charge >= 0.3 is 12.3 Å². The van der Waals surface area contributed by atoms with Crippen LogP contribution in [-0.2, 0) is 0 Å². The Hall–Kier alpha value is -2.27. The summed E-state index contributed by atoms with van der Waals surface area (Å²) in [4.78, 5) is 0. The van der Waals surface area contributed by atoms with Gasteiger partial charge in [0.05, 0.1) is 6.54 Å². The van der Waals surface area contributed by atoms with Gasteiger partial charge in [0.15, 0.2) is 5.57 Å². The van der Waals surface area contributed by atoms with Crippen LogP contribution in [0.15, 0.2) is 11.3 Å². The highest BCUT2D eigenvalue weighted by Gasteiger charge is 2.40. The van der Waals surface area contributed by atoms with Gasteiger partial charge in [-0.25, -0.2) is 8.78 Å². The molecule has 16 heavy (non-hydrogen) atoms. The molecule has 0 rings (SSSR count). The van der Waals surface area contributed by atoms with Crippen molar-refractivity contribution in [3.8, 4) is 18.2 Å². The van der Waals surface area contributed by atoms with Crippen LogP contribution in [0.3, 0.4) is 0 Å². The fourth-order valence-corrected chi connectivity index (χ4v) is 0.604. The fraction of sp³-hybridized carbons (Fsp3) is 0.375. The maximum Gasteiger partial charge on any atom is 0.324 e. The third-order valence-corrected chi connectivity index (χ3v) is 1.41. The number of hydrogen-bond donors (Lipinski definition) is 1. The van der Waals surface area contributed by atoms with Crippen LogP contribution >= 0.6 is 0 Å². The van der Waals surface area contributed by atoms with E-state index in [-0.39, 0.29) is 0 Å². The van der Waals surface area contributed by atoms with Gasteiger partial charge in [0, 0.05) is 0 Å². The van der Waals surface area contributed by atoms with E-state index in [0.29, 0.717) is 0 Å². The van der Waals surface area contributed by atoms with Crippen LogP contribution in [0.25, 0.3) is 0 Å². The lowest BCUT2D eigenvalue weighted by Gasteiger charge is -2.15. The number of nitriles is 3. The molecule has 0 saturated heterocycles. The normalized spacial score (nSPS) is 9.88. The molecule has 84 valence electrons. The molecule has 8 heteroatoms. The van der Waals surface area contributed by atoms with Gasteiger partial charge in [-0.15, -0.1) is 0 Å². The van der Waals surface area contributed by atoms with Crippen molar-refractivity contribution in [3.05, 3.63) is 11.3 Å². The van der Waals surface area contributed by atoms with E-state index in [4.69, 9.17) is 15.8 Å². The van der Waals surface area contributed by atoms with E-state index >= 15 is 0 Å². The summed E-state index contributed by atoms with van der Waals surface area (Å²) in [6.07, 6.45) is -3.90. The molecule has 0 heterocycles. The number of rotatable bonds is 4. The Kier molecular flexibility index (Phi) is 4.78. The Labute approximate surface area is 88.0 Å². The number of halogens is 4. The molecule has 0 aromatic heterocycles. The van der Waals surface area contributed by atoms with Gasteiger partial charge in [-0.3, -0.25) is 0 Å². The molecular weight excluding hydrogens is 228 g/mol. The van der Waals surface area contributed by atoms with Crippen LogP contribution in [0, 0.1) is 34.0 Å². The average molecular weight is 232 g/mol. The number of alkyl halides is 4. The summed E-state index contributed by atoms with van der Waals surface area (Å²) < 4.78 is 48.2. The standard InChI is InChI=1S/C8H4F4N4/c9-7(10)8(11,12)4-16-6(3-15)5(1-13)2-14/h7,16H,4H2. The third-order valence-electron chi connectivity index (χ3n) is 1.41. The van der Waals surface area contributed by atoms with E-state index < -0.39 is 30.2 Å². The Balaban J connectivity index is 4.78. The molecule has 0 unspecified atom stereocenters. The van der Waals surface area contributed by atoms with Crippen molar-refractivity contribution >= 4 is 0 Å². The molecule has 1 N–H and O–H groups in total. The lowest BCUT2D eigenvalue weighted by molar-refractivity contribution is -0.123. The molecule has 0 spiro atoms. The Bertz CT molecular complexity index is 391. The van der Waals surface area contributed by atoms with Gasteiger partial charge in [0.1, 0.15) is 23.9 Å². The van der Waals surface area contributed by atoms with Crippen LogP contribution in [0.4, 0.5) is 17.6 Å². The molecule has 0 aliphatic carbocycles. The van der Waals surface area contributed by atoms with Crippen LogP contribution in [-0.4, -0.2) is 18.9 Å². The number of allylic oxidation sites excluding steroid dienone is 2. The SMILES string of the molecule is N#CC(C#N)=C(C#N)NCC(F)(F)C(F)F. The second-order valence-corrected chi connectivity index (χ2v) is 2.50. The van der Waals surface area contributed by atoms with Crippen molar-refractivity contribution in [1.82, 2.24) is 5.32 Å². The summed E-state index contributed by atoms with van der Waals surface area (Å²) in [6.45, 7) is -1.53. The van der Waals surface area contributed by atoms with E-state index in [1.54, 1.807) is 5.32 Å². The maximum atomic E-state index is 12.4. The van der Waals surface area contributed by atoms with Crippen LogP contribution in [0.5, 0.6) is 0 Å². The molecule has 0 fully saturated rings. The first-order valence-corrected chi connectivity index (χ1v) is 3.73. The maximum absolute atomic E-state index is 12.4. The molecule has 0 saturated carbocycles. The summed E-state index contributed by atoms with van der Waals surface area (Å²) in [5.74, 6) is -4.34. The summed E-state index contributed by atoms with van der Waals surface area (Å²) >= 11 is 0. The third kappa shape index (κ3) is 3.47. The van der Waals surface area contributed by atoms with Gasteiger partial charge in [-0.05, 0) is 0 Å². The first kappa shape index (κ1) is 13.7. The first-order chi connectivity index (χ1) is 7.38. The molecule has 4 nitrogen and oxygen atoms in total. The molecule has 0 aromatic carbocycles. The van der Waals surface area contributed by atoms with Gasteiger partial charge in [0.25, 0.3) is 0 Å². The minimum absolute atomic E-state index is 0.743. The molecular formula is C8H4F4N4. The summed E-state index contributed by atoms with van der Waals surface area (Å²) in [6, 6.07) is 3.80. The molecule has 0 aliphatic heterocycles. The van der Waals surface area contributed by atoms with Crippen molar-refractivity contribution in [1.29, 1.82) is 15.8 Å². The van der Waals surface area contributed by atoms with Gasteiger partial charge in [-0.2, -0.15) is 24.6 Å². The van der Waals surface area contributed by atoms with E-state index in [0.717, 1.165) is 0 Å². The second-order valence-electron chi connectivity index (χ2n) is 2.50. The summed E-state index contributed by atoms with van der Waals surface area (Å²) in [5.41, 5.74) is -1.50. The average Bonchev–Trinajstić information content (AvgIpc) is 2.23. The van der Waals surface area contributed by atoms with Crippen molar-refractivity contribution in [2.45, 2.75) is 12.3 Å². The molecule has 0 aromatic rings. The van der Waals surface area contributed by atoms with Crippen molar-refractivity contribution < 1.29 is 17.6 Å².